The molecule has 4 rings (SSSR count). The Hall–Kier alpha value is -2.44. The van der Waals surface area contributed by atoms with Crippen molar-refractivity contribution in [1.82, 2.24) is 14.9 Å². The number of aromatic nitrogens is 2. The average Bonchev–Trinajstić information content (AvgIpc) is 3.35. The van der Waals surface area contributed by atoms with Crippen molar-refractivity contribution in [2.45, 2.75) is 32.4 Å². The zero-order valence-electron chi connectivity index (χ0n) is 15.7. The summed E-state index contributed by atoms with van der Waals surface area (Å²) in [7, 11) is 1.75. The van der Waals surface area contributed by atoms with Crippen LogP contribution < -0.4 is 10.1 Å². The van der Waals surface area contributed by atoms with Gasteiger partial charge in [-0.25, -0.2) is 9.97 Å². The number of anilines is 2. The van der Waals surface area contributed by atoms with E-state index >= 15 is 0 Å². The molecule has 2 aromatic heterocycles. The smallest absolute Gasteiger partial charge is 0.188 e. The van der Waals surface area contributed by atoms with E-state index in [4.69, 9.17) is 9.72 Å². The number of likely N-dealkylation sites (tertiary alicyclic amines) is 1. The van der Waals surface area contributed by atoms with Gasteiger partial charge in [-0.1, -0.05) is 18.2 Å². The molecule has 0 aliphatic carbocycles. The number of nitrogens with zero attached hydrogens (tertiary/aromatic N) is 3. The molecule has 1 fully saturated rings. The van der Waals surface area contributed by atoms with Crippen molar-refractivity contribution >= 4 is 22.3 Å². The summed E-state index contributed by atoms with van der Waals surface area (Å²) in [6, 6.07) is 13.0. The van der Waals surface area contributed by atoms with Crippen LogP contribution in [0.25, 0.3) is 0 Å². The van der Waals surface area contributed by atoms with E-state index in [0.717, 1.165) is 41.9 Å². The van der Waals surface area contributed by atoms with Gasteiger partial charge in [-0.15, -0.1) is 11.3 Å². The van der Waals surface area contributed by atoms with Gasteiger partial charge in [0.05, 0.1) is 18.8 Å². The maximum absolute atomic E-state index is 5.60. The normalized spacial score (nSPS) is 17.2. The maximum atomic E-state index is 5.60. The Bertz CT molecular complexity index is 897. The summed E-state index contributed by atoms with van der Waals surface area (Å²) in [6.07, 6.45) is 4.11. The van der Waals surface area contributed by atoms with Gasteiger partial charge in [-0.05, 0) is 50.1 Å². The second kappa shape index (κ2) is 8.06. The molecule has 1 saturated heterocycles. The van der Waals surface area contributed by atoms with Gasteiger partial charge in [-0.3, -0.25) is 4.90 Å². The first kappa shape index (κ1) is 17.9. The van der Waals surface area contributed by atoms with Gasteiger partial charge in [0.25, 0.3) is 0 Å². The van der Waals surface area contributed by atoms with Crippen LogP contribution in [0.4, 0.5) is 10.9 Å². The van der Waals surface area contributed by atoms with Gasteiger partial charge >= 0.3 is 0 Å². The quantitative estimate of drug-likeness (QED) is 0.657. The number of hydrogen-bond donors (Lipinski definition) is 1. The molecular formula is C21H24N4OS. The molecule has 0 amide bonds. The first-order chi connectivity index (χ1) is 13.2. The van der Waals surface area contributed by atoms with Crippen molar-refractivity contribution < 1.29 is 4.74 Å². The zero-order valence-corrected chi connectivity index (χ0v) is 16.5. The van der Waals surface area contributed by atoms with Crippen LogP contribution in [0.2, 0.25) is 0 Å². The topological polar surface area (TPSA) is 50.3 Å². The highest BCUT2D eigenvalue weighted by Crippen LogP contribution is 2.34. The fourth-order valence-electron chi connectivity index (χ4n) is 3.65. The molecule has 0 spiro atoms. The summed E-state index contributed by atoms with van der Waals surface area (Å²) in [5.74, 6) is 1.81. The summed E-state index contributed by atoms with van der Waals surface area (Å²) in [6.45, 7) is 4.04. The molecule has 1 atom stereocenters. The largest absolute Gasteiger partial charge is 0.496 e. The molecule has 0 unspecified atom stereocenters. The Kier molecular flexibility index (Phi) is 5.36. The lowest BCUT2D eigenvalue weighted by atomic mass is 10.1. The molecule has 5 nitrogen and oxygen atoms in total. The number of benzene rings is 1. The van der Waals surface area contributed by atoms with Crippen LogP contribution in [0.3, 0.4) is 0 Å². The van der Waals surface area contributed by atoms with Crippen LogP contribution in [-0.2, 0) is 6.54 Å². The van der Waals surface area contributed by atoms with Crippen molar-refractivity contribution in [3.05, 3.63) is 64.8 Å². The van der Waals surface area contributed by atoms with Crippen molar-refractivity contribution in [1.29, 1.82) is 0 Å². The van der Waals surface area contributed by atoms with Crippen LogP contribution >= 0.6 is 11.3 Å². The van der Waals surface area contributed by atoms with Crippen molar-refractivity contribution in [3.8, 4) is 5.75 Å². The summed E-state index contributed by atoms with van der Waals surface area (Å²) in [4.78, 5) is 11.6. The van der Waals surface area contributed by atoms with Gasteiger partial charge in [-0.2, -0.15) is 0 Å². The van der Waals surface area contributed by atoms with Crippen LogP contribution in [0.5, 0.6) is 5.75 Å². The Morgan fingerprint density at radius 1 is 1.30 bits per heavy atom. The maximum Gasteiger partial charge on any atom is 0.188 e. The van der Waals surface area contributed by atoms with E-state index in [0.29, 0.717) is 6.04 Å². The van der Waals surface area contributed by atoms with E-state index in [1.54, 1.807) is 24.6 Å². The Balaban J connectivity index is 1.53. The highest BCUT2D eigenvalue weighted by molar-refractivity contribution is 7.13. The number of methoxy groups -OCH3 is 1. The van der Waals surface area contributed by atoms with Crippen LogP contribution in [0.1, 0.15) is 35.7 Å². The van der Waals surface area contributed by atoms with Gasteiger partial charge in [0.1, 0.15) is 11.6 Å². The molecule has 140 valence electrons. The second-order valence-electron chi connectivity index (χ2n) is 6.85. The van der Waals surface area contributed by atoms with Crippen LogP contribution in [0.15, 0.2) is 48.0 Å². The number of pyridine rings is 1. The molecule has 6 heteroatoms. The minimum Gasteiger partial charge on any atom is -0.496 e. The van der Waals surface area contributed by atoms with E-state index in [-0.39, 0.29) is 0 Å². The lowest BCUT2D eigenvalue weighted by Gasteiger charge is -2.25. The fraction of sp³-hybridized carbons (Fsp3) is 0.333. The Morgan fingerprint density at radius 2 is 2.22 bits per heavy atom. The molecule has 1 aromatic carbocycles. The van der Waals surface area contributed by atoms with E-state index in [1.165, 1.54) is 17.5 Å². The second-order valence-corrected chi connectivity index (χ2v) is 7.75. The number of aryl methyl sites for hydroxylation is 1. The molecular weight excluding hydrogens is 356 g/mol. The monoisotopic (exact) mass is 380 g/mol. The first-order valence-electron chi connectivity index (χ1n) is 9.24. The van der Waals surface area contributed by atoms with Crippen molar-refractivity contribution in [3.63, 3.8) is 0 Å². The average molecular weight is 381 g/mol. The summed E-state index contributed by atoms with van der Waals surface area (Å²) in [5.41, 5.74) is 3.56. The van der Waals surface area contributed by atoms with E-state index in [2.05, 4.69) is 52.5 Å². The standard InChI is InChI=1S/C21H24N4OS/c1-15-8-9-16(19(13-15)26-2)14-25-11-4-6-18(25)17-5-3-7-20(23-17)24-21-22-10-12-27-21/h3,5,7-10,12-13,18H,4,6,11,14H2,1-2H3,(H,22,23,24)/t18-/m0/s1. The third-order valence-electron chi connectivity index (χ3n) is 4.96. The van der Waals surface area contributed by atoms with E-state index in [1.807, 2.05) is 11.4 Å². The van der Waals surface area contributed by atoms with Crippen LogP contribution in [0, 0.1) is 6.92 Å². The molecule has 3 heterocycles. The van der Waals surface area contributed by atoms with Gasteiger partial charge in [0.15, 0.2) is 5.13 Å². The number of nitrogens with one attached hydrogen (secondary N) is 1. The molecule has 0 radical (unpaired) electrons. The minimum atomic E-state index is 0.328. The molecule has 1 N–H and O–H groups in total. The third kappa shape index (κ3) is 4.12. The highest BCUT2D eigenvalue weighted by atomic mass is 32.1. The lowest BCUT2D eigenvalue weighted by Crippen LogP contribution is -2.24. The Morgan fingerprint density at radius 3 is 3.04 bits per heavy atom. The SMILES string of the molecule is COc1cc(C)ccc1CN1CCC[C@H]1c1cccc(Nc2nccs2)n1. The van der Waals surface area contributed by atoms with Crippen molar-refractivity contribution in [2.24, 2.45) is 0 Å². The molecule has 27 heavy (non-hydrogen) atoms. The van der Waals surface area contributed by atoms with Crippen molar-refractivity contribution in [2.75, 3.05) is 19.0 Å². The summed E-state index contributed by atoms with van der Waals surface area (Å²) in [5, 5.41) is 6.12. The number of ether oxygens (including phenoxy) is 1. The lowest BCUT2D eigenvalue weighted by molar-refractivity contribution is 0.240. The summed E-state index contributed by atoms with van der Waals surface area (Å²) >= 11 is 1.58. The van der Waals surface area contributed by atoms with E-state index < -0.39 is 0 Å². The number of hydrogen-bond acceptors (Lipinski definition) is 6. The molecule has 3 aromatic rings. The minimum absolute atomic E-state index is 0.328. The highest BCUT2D eigenvalue weighted by Gasteiger charge is 2.28. The number of rotatable bonds is 6. The van der Waals surface area contributed by atoms with Crippen LogP contribution in [-0.4, -0.2) is 28.5 Å². The predicted octanol–water partition coefficient (Wildman–Crippen LogP) is 4.94. The molecule has 0 bridgehead atoms. The predicted molar refractivity (Wildman–Crippen MR) is 110 cm³/mol. The Labute approximate surface area is 164 Å². The van der Waals surface area contributed by atoms with Gasteiger partial charge < -0.3 is 10.1 Å². The van der Waals surface area contributed by atoms with E-state index in [9.17, 15) is 0 Å². The molecule has 1 aliphatic heterocycles. The van der Waals surface area contributed by atoms with Gasteiger partial charge in [0, 0.05) is 23.7 Å². The zero-order chi connectivity index (χ0) is 18.6. The van der Waals surface area contributed by atoms with Gasteiger partial charge in [0.2, 0.25) is 0 Å². The summed E-state index contributed by atoms with van der Waals surface area (Å²) < 4.78 is 5.60. The molecule has 0 saturated carbocycles. The first-order valence-corrected chi connectivity index (χ1v) is 10.1. The number of thiazole rings is 1. The third-order valence-corrected chi connectivity index (χ3v) is 5.65. The fourth-order valence-corrected chi connectivity index (χ4v) is 4.19. The molecule has 1 aliphatic rings.